The van der Waals surface area contributed by atoms with E-state index in [-0.39, 0.29) is 32.9 Å². The molecule has 0 atom stereocenters. The van der Waals surface area contributed by atoms with Crippen molar-refractivity contribution in [2.75, 3.05) is 7.05 Å². The minimum atomic E-state index is -4.13. The molecule has 0 unspecified atom stereocenters. The van der Waals surface area contributed by atoms with Crippen LogP contribution >= 0.6 is 11.6 Å². The van der Waals surface area contributed by atoms with Crippen molar-refractivity contribution in [1.82, 2.24) is 19.7 Å². The topological polar surface area (TPSA) is 94.4 Å². The fourth-order valence-electron chi connectivity index (χ4n) is 2.89. The average molecular weight is 495 g/mol. The molecule has 2 aromatic heterocycles. The van der Waals surface area contributed by atoms with Crippen molar-refractivity contribution in [1.29, 1.82) is 0 Å². The zero-order valence-electron chi connectivity index (χ0n) is 18.8. The van der Waals surface area contributed by atoms with Crippen LogP contribution in [0, 0.1) is 12.7 Å². The van der Waals surface area contributed by atoms with Crippen LogP contribution in [0.1, 0.15) is 32.2 Å². The Hall–Kier alpha value is -2.98. The van der Waals surface area contributed by atoms with Crippen LogP contribution in [0.15, 0.2) is 52.5 Å². The molecule has 0 aliphatic rings. The molecule has 0 N–H and O–H groups in total. The van der Waals surface area contributed by atoms with Gasteiger partial charge in [0.2, 0.25) is 9.84 Å². The van der Waals surface area contributed by atoms with E-state index < -0.39 is 27.3 Å². The zero-order chi connectivity index (χ0) is 24.6. The van der Waals surface area contributed by atoms with Crippen LogP contribution < -0.4 is 0 Å². The van der Waals surface area contributed by atoms with Gasteiger partial charge < -0.3 is 9.64 Å². The Balaban J connectivity index is 2.10. The lowest BCUT2D eigenvalue weighted by atomic mass is 10.2. The third-order valence-corrected chi connectivity index (χ3v) is 6.46. The fraction of sp³-hybridized carbons (Fsp3) is 0.318. The number of sulfone groups is 1. The Morgan fingerprint density at radius 3 is 2.55 bits per heavy atom. The van der Waals surface area contributed by atoms with E-state index in [1.165, 1.54) is 48.5 Å². The first kappa shape index (κ1) is 24.7. The predicted octanol–water partition coefficient (Wildman–Crippen LogP) is 4.57. The molecule has 0 saturated carbocycles. The van der Waals surface area contributed by atoms with E-state index in [9.17, 15) is 17.6 Å². The third-order valence-electron chi connectivity index (χ3n) is 4.46. The molecule has 0 aliphatic heterocycles. The SMILES string of the molecule is Cc1ccc(S(=O)(=O)c2cc(CN(C)C(=O)OC(C)(C)C)nn2-c2cccc(Cl)c2F)cn1. The molecule has 11 heteroatoms. The molecule has 176 valence electrons. The second-order valence-corrected chi connectivity index (χ2v) is 10.7. The molecule has 3 aromatic rings. The lowest BCUT2D eigenvalue weighted by Crippen LogP contribution is -2.33. The van der Waals surface area contributed by atoms with Gasteiger partial charge in [-0.15, -0.1) is 0 Å². The number of nitrogens with zero attached hydrogens (tertiary/aromatic N) is 4. The monoisotopic (exact) mass is 494 g/mol. The van der Waals surface area contributed by atoms with Crippen molar-refractivity contribution < 1.29 is 22.3 Å². The molecule has 3 rings (SSSR count). The first-order valence-electron chi connectivity index (χ1n) is 9.95. The normalized spacial score (nSPS) is 12.0. The van der Waals surface area contributed by atoms with E-state index in [1.807, 2.05) is 0 Å². The second kappa shape index (κ2) is 9.11. The number of carbonyl (C=O) groups excluding carboxylic acids is 1. The van der Waals surface area contributed by atoms with Gasteiger partial charge >= 0.3 is 6.09 Å². The van der Waals surface area contributed by atoms with Crippen molar-refractivity contribution in [3.05, 3.63) is 64.8 Å². The molecule has 0 fully saturated rings. The predicted molar refractivity (Wildman–Crippen MR) is 121 cm³/mol. The number of carbonyl (C=O) groups is 1. The Kier molecular flexibility index (Phi) is 6.80. The Labute approximate surface area is 196 Å². The van der Waals surface area contributed by atoms with Crippen LogP contribution in [0.5, 0.6) is 0 Å². The van der Waals surface area contributed by atoms with Crippen molar-refractivity contribution in [3.8, 4) is 5.69 Å². The maximum Gasteiger partial charge on any atom is 0.410 e. The van der Waals surface area contributed by atoms with Crippen LogP contribution in [0.2, 0.25) is 5.02 Å². The van der Waals surface area contributed by atoms with Gasteiger partial charge in [0.15, 0.2) is 10.8 Å². The molecule has 0 radical (unpaired) electrons. The van der Waals surface area contributed by atoms with E-state index >= 15 is 0 Å². The molecule has 1 aromatic carbocycles. The van der Waals surface area contributed by atoms with Crippen LogP contribution in [0.25, 0.3) is 5.69 Å². The maximum absolute atomic E-state index is 14.8. The largest absolute Gasteiger partial charge is 0.444 e. The summed E-state index contributed by atoms with van der Waals surface area (Å²) in [6, 6.07) is 8.46. The van der Waals surface area contributed by atoms with E-state index in [0.717, 1.165) is 4.68 Å². The van der Waals surface area contributed by atoms with Gasteiger partial charge in [-0.25, -0.2) is 22.3 Å². The number of hydrogen-bond donors (Lipinski definition) is 0. The highest BCUT2D eigenvalue weighted by Crippen LogP contribution is 2.28. The first-order chi connectivity index (χ1) is 15.3. The molecular formula is C22H24ClFN4O4S. The highest BCUT2D eigenvalue weighted by molar-refractivity contribution is 7.91. The number of aryl methyl sites for hydroxylation is 1. The summed E-state index contributed by atoms with van der Waals surface area (Å²) in [5, 5.41) is 3.81. The number of amides is 1. The number of benzene rings is 1. The van der Waals surface area contributed by atoms with Gasteiger partial charge in [-0.2, -0.15) is 5.10 Å². The summed E-state index contributed by atoms with van der Waals surface area (Å²) >= 11 is 5.91. The molecule has 33 heavy (non-hydrogen) atoms. The van der Waals surface area contributed by atoms with E-state index in [1.54, 1.807) is 33.8 Å². The number of rotatable bonds is 5. The summed E-state index contributed by atoms with van der Waals surface area (Å²) in [5.41, 5.74) is -0.00149. The summed E-state index contributed by atoms with van der Waals surface area (Å²) in [6.45, 7) is 6.85. The summed E-state index contributed by atoms with van der Waals surface area (Å²) < 4.78 is 47.9. The van der Waals surface area contributed by atoms with Crippen molar-refractivity contribution in [3.63, 3.8) is 0 Å². The molecule has 2 heterocycles. The minimum Gasteiger partial charge on any atom is -0.444 e. The van der Waals surface area contributed by atoms with Gasteiger partial charge in [-0.3, -0.25) is 4.98 Å². The standard InChI is InChI=1S/C22H24ClFN4O4S/c1-14-9-10-16(12-25-14)33(30,31)19-11-15(13-27(5)21(29)32-22(2,3)4)26-28(19)18-8-6-7-17(23)20(18)24/h6-12H,13H2,1-5H3. The molecule has 0 spiro atoms. The number of halogens is 2. The van der Waals surface area contributed by atoms with Crippen molar-refractivity contribution in [2.45, 2.75) is 49.8 Å². The lowest BCUT2D eigenvalue weighted by molar-refractivity contribution is 0.0283. The molecule has 0 aliphatic carbocycles. The number of pyridine rings is 1. The maximum atomic E-state index is 14.8. The van der Waals surface area contributed by atoms with Crippen LogP contribution in [-0.2, 0) is 21.1 Å². The van der Waals surface area contributed by atoms with Gasteiger partial charge in [0.05, 0.1) is 22.2 Å². The van der Waals surface area contributed by atoms with Crippen LogP contribution in [0.3, 0.4) is 0 Å². The number of ether oxygens (including phenoxy) is 1. The molecule has 8 nitrogen and oxygen atoms in total. The number of hydrogen-bond acceptors (Lipinski definition) is 6. The Morgan fingerprint density at radius 2 is 1.94 bits per heavy atom. The Morgan fingerprint density at radius 1 is 1.24 bits per heavy atom. The smallest absolute Gasteiger partial charge is 0.410 e. The van der Waals surface area contributed by atoms with E-state index in [4.69, 9.17) is 16.3 Å². The molecule has 1 amide bonds. The number of aromatic nitrogens is 3. The van der Waals surface area contributed by atoms with Crippen molar-refractivity contribution >= 4 is 27.5 Å². The molecule has 0 saturated heterocycles. The zero-order valence-corrected chi connectivity index (χ0v) is 20.4. The van der Waals surface area contributed by atoms with Crippen LogP contribution in [0.4, 0.5) is 9.18 Å². The summed E-state index contributed by atoms with van der Waals surface area (Å²) in [4.78, 5) is 17.5. The fourth-order valence-corrected chi connectivity index (χ4v) is 4.40. The second-order valence-electron chi connectivity index (χ2n) is 8.43. The van der Waals surface area contributed by atoms with E-state index in [0.29, 0.717) is 5.69 Å². The molecule has 0 bridgehead atoms. The summed E-state index contributed by atoms with van der Waals surface area (Å²) in [7, 11) is -2.64. The third kappa shape index (κ3) is 5.51. The van der Waals surface area contributed by atoms with Crippen LogP contribution in [-0.4, -0.2) is 46.8 Å². The van der Waals surface area contributed by atoms with Crippen molar-refractivity contribution in [2.24, 2.45) is 0 Å². The first-order valence-corrected chi connectivity index (χ1v) is 11.8. The highest BCUT2D eigenvalue weighted by atomic mass is 35.5. The summed E-state index contributed by atoms with van der Waals surface area (Å²) in [6.07, 6.45) is 0.612. The van der Waals surface area contributed by atoms with Gasteiger partial charge in [-0.05, 0) is 52.0 Å². The summed E-state index contributed by atoms with van der Waals surface area (Å²) in [5.74, 6) is -0.826. The lowest BCUT2D eigenvalue weighted by Gasteiger charge is -2.24. The van der Waals surface area contributed by atoms with Gasteiger partial charge in [-0.1, -0.05) is 17.7 Å². The average Bonchev–Trinajstić information content (AvgIpc) is 3.13. The van der Waals surface area contributed by atoms with E-state index in [2.05, 4.69) is 10.1 Å². The highest BCUT2D eigenvalue weighted by Gasteiger charge is 2.28. The van der Waals surface area contributed by atoms with Gasteiger partial charge in [0.1, 0.15) is 11.3 Å². The quantitative estimate of drug-likeness (QED) is 0.515. The van der Waals surface area contributed by atoms with Gasteiger partial charge in [0.25, 0.3) is 0 Å². The van der Waals surface area contributed by atoms with Gasteiger partial charge in [0, 0.05) is 25.0 Å². The molecular weight excluding hydrogens is 471 g/mol. The minimum absolute atomic E-state index is 0.0707. The Bertz CT molecular complexity index is 1280.